The molecule has 3 heterocycles. The molecule has 2 atom stereocenters. The fourth-order valence-corrected chi connectivity index (χ4v) is 6.89. The van der Waals surface area contributed by atoms with Gasteiger partial charge in [-0.25, -0.2) is 4.39 Å². The van der Waals surface area contributed by atoms with Gasteiger partial charge in [0.05, 0.1) is 5.52 Å². The number of nitrogens with one attached hydrogen (secondary N) is 1. The highest BCUT2D eigenvalue weighted by molar-refractivity contribution is 5.81. The predicted octanol–water partition coefficient (Wildman–Crippen LogP) is 5.01. The van der Waals surface area contributed by atoms with Crippen molar-refractivity contribution in [2.75, 3.05) is 32.7 Å². The van der Waals surface area contributed by atoms with Crippen molar-refractivity contribution in [1.29, 1.82) is 0 Å². The molecule has 32 heavy (non-hydrogen) atoms. The second kappa shape index (κ2) is 8.66. The number of aliphatic hydroxyl groups is 1. The van der Waals surface area contributed by atoms with E-state index in [1.165, 1.54) is 6.42 Å². The van der Waals surface area contributed by atoms with Crippen LogP contribution in [-0.2, 0) is 5.60 Å². The third-order valence-corrected chi connectivity index (χ3v) is 8.80. The van der Waals surface area contributed by atoms with Crippen molar-refractivity contribution in [3.05, 3.63) is 40.8 Å². The monoisotopic (exact) mass is 439 g/mol. The first-order chi connectivity index (χ1) is 15.5. The third-order valence-electron chi connectivity index (χ3n) is 8.80. The van der Waals surface area contributed by atoms with Gasteiger partial charge in [-0.2, -0.15) is 0 Å². The van der Waals surface area contributed by atoms with Crippen molar-refractivity contribution in [3.8, 4) is 0 Å². The number of piperidine rings is 2. The highest BCUT2D eigenvalue weighted by Gasteiger charge is 2.55. The molecule has 2 aromatic rings. The minimum atomic E-state index is -1.12. The first-order valence-corrected chi connectivity index (χ1v) is 12.7. The van der Waals surface area contributed by atoms with Crippen molar-refractivity contribution >= 4 is 10.9 Å². The van der Waals surface area contributed by atoms with Gasteiger partial charge in [0.25, 0.3) is 0 Å². The van der Waals surface area contributed by atoms with Gasteiger partial charge in [0.1, 0.15) is 11.4 Å². The lowest BCUT2D eigenvalue weighted by Crippen LogP contribution is -2.59. The number of fused-ring (bicyclic) bond motifs is 1. The second-order valence-electron chi connectivity index (χ2n) is 10.5. The maximum atomic E-state index is 16.3. The van der Waals surface area contributed by atoms with Crippen molar-refractivity contribution in [2.45, 2.75) is 76.7 Å². The molecule has 5 heteroatoms. The number of likely N-dealkylation sites (tertiary alicyclic amines) is 1. The lowest BCUT2D eigenvalue weighted by molar-refractivity contribution is -0.159. The lowest BCUT2D eigenvalue weighted by Gasteiger charge is -2.56. The largest absolute Gasteiger partial charge is 0.384 e. The van der Waals surface area contributed by atoms with E-state index in [0.717, 1.165) is 82.5 Å². The van der Waals surface area contributed by atoms with Crippen LogP contribution in [0.4, 0.5) is 4.39 Å². The average Bonchev–Trinajstić information content (AvgIpc) is 2.82. The zero-order valence-corrected chi connectivity index (χ0v) is 19.7. The topological polar surface area (TPSA) is 48.4 Å². The first kappa shape index (κ1) is 22.2. The Bertz CT molecular complexity index is 981. The first-order valence-electron chi connectivity index (χ1n) is 12.7. The smallest absolute Gasteiger partial charge is 0.138 e. The van der Waals surface area contributed by atoms with Gasteiger partial charge in [-0.15, -0.1) is 0 Å². The maximum absolute atomic E-state index is 16.3. The summed E-state index contributed by atoms with van der Waals surface area (Å²) >= 11 is 0. The highest BCUT2D eigenvalue weighted by Crippen LogP contribution is 2.55. The normalized spacial score (nSPS) is 28.9. The van der Waals surface area contributed by atoms with E-state index in [2.05, 4.69) is 17.1 Å². The molecule has 3 aliphatic rings. The zero-order chi connectivity index (χ0) is 22.3. The molecule has 1 spiro atoms. The number of rotatable bonds is 3. The molecule has 174 valence electrons. The van der Waals surface area contributed by atoms with Gasteiger partial charge in [0.15, 0.2) is 0 Å². The van der Waals surface area contributed by atoms with E-state index >= 15 is 4.39 Å². The van der Waals surface area contributed by atoms with Crippen LogP contribution in [0.25, 0.3) is 10.9 Å². The van der Waals surface area contributed by atoms with Crippen LogP contribution in [0.3, 0.4) is 0 Å². The fourth-order valence-electron chi connectivity index (χ4n) is 6.89. The Morgan fingerprint density at radius 2 is 2.00 bits per heavy atom. The van der Waals surface area contributed by atoms with Crippen LogP contribution in [0.15, 0.2) is 18.2 Å². The average molecular weight is 440 g/mol. The van der Waals surface area contributed by atoms with E-state index < -0.39 is 5.60 Å². The predicted molar refractivity (Wildman–Crippen MR) is 127 cm³/mol. The molecule has 2 aliphatic heterocycles. The summed E-state index contributed by atoms with van der Waals surface area (Å²) in [6.45, 7) is 8.88. The Labute approximate surface area is 191 Å². The summed E-state index contributed by atoms with van der Waals surface area (Å²) in [5.41, 5.74) is 1.97. The fraction of sp³-hybridized carbons (Fsp3) is 0.667. The van der Waals surface area contributed by atoms with Gasteiger partial charge in [-0.3, -0.25) is 4.98 Å². The van der Waals surface area contributed by atoms with Gasteiger partial charge in [0, 0.05) is 41.7 Å². The van der Waals surface area contributed by atoms with Gasteiger partial charge in [-0.05, 0) is 75.7 Å². The molecule has 1 saturated carbocycles. The van der Waals surface area contributed by atoms with Gasteiger partial charge in [-0.1, -0.05) is 32.3 Å². The molecule has 1 aromatic heterocycles. The van der Waals surface area contributed by atoms with E-state index in [0.29, 0.717) is 28.8 Å². The summed E-state index contributed by atoms with van der Waals surface area (Å²) in [4.78, 5) is 7.23. The van der Waals surface area contributed by atoms with Gasteiger partial charge in [0.2, 0.25) is 0 Å². The summed E-state index contributed by atoms with van der Waals surface area (Å²) in [5.74, 6) is 0.127. The molecule has 0 radical (unpaired) electrons. The van der Waals surface area contributed by atoms with E-state index in [1.807, 2.05) is 25.1 Å². The van der Waals surface area contributed by atoms with Crippen LogP contribution in [0.5, 0.6) is 0 Å². The van der Waals surface area contributed by atoms with Crippen LogP contribution in [-0.4, -0.2) is 47.7 Å². The maximum Gasteiger partial charge on any atom is 0.138 e. The number of halogens is 1. The molecule has 0 amide bonds. The highest BCUT2D eigenvalue weighted by atomic mass is 19.1. The molecule has 2 saturated heterocycles. The molecular formula is C27H38FN3O. The quantitative estimate of drug-likeness (QED) is 0.706. The SMILES string of the molecule is CCN1CCC(O)(c2ccc3nc(C)c(C4CCCNC4)cc3c2F)C2(CCCCC2)C1. The number of aromatic nitrogens is 1. The minimum Gasteiger partial charge on any atom is -0.384 e. The lowest BCUT2D eigenvalue weighted by atomic mass is 9.57. The molecule has 4 nitrogen and oxygen atoms in total. The molecule has 1 aromatic carbocycles. The summed E-state index contributed by atoms with van der Waals surface area (Å²) in [7, 11) is 0. The summed E-state index contributed by atoms with van der Waals surface area (Å²) in [6, 6.07) is 5.81. The Morgan fingerprint density at radius 3 is 2.72 bits per heavy atom. The Morgan fingerprint density at radius 1 is 1.19 bits per heavy atom. The summed E-state index contributed by atoms with van der Waals surface area (Å²) in [5, 5.41) is 16.3. The van der Waals surface area contributed by atoms with Crippen LogP contribution < -0.4 is 5.32 Å². The van der Waals surface area contributed by atoms with Crippen LogP contribution in [0, 0.1) is 18.2 Å². The zero-order valence-electron chi connectivity index (χ0n) is 19.7. The molecule has 0 bridgehead atoms. The molecule has 1 aliphatic carbocycles. The van der Waals surface area contributed by atoms with Crippen LogP contribution >= 0.6 is 0 Å². The number of nitrogens with zero attached hydrogens (tertiary/aromatic N) is 2. The van der Waals surface area contributed by atoms with Crippen LogP contribution in [0.1, 0.15) is 81.0 Å². The number of hydrogen-bond acceptors (Lipinski definition) is 4. The Kier molecular flexibility index (Phi) is 6.02. The third kappa shape index (κ3) is 3.57. The van der Waals surface area contributed by atoms with Crippen molar-refractivity contribution in [3.63, 3.8) is 0 Å². The standard InChI is InChI=1S/C27H38FN3O/c1-3-31-15-13-27(32,26(18-31)11-5-4-6-12-26)23-9-10-24-22(25(23)28)16-21(19(2)30-24)20-8-7-14-29-17-20/h9-10,16,20,29,32H,3-8,11-15,17-18H2,1-2H3. The minimum absolute atomic E-state index is 0.252. The summed E-state index contributed by atoms with van der Waals surface area (Å²) < 4.78 is 16.3. The van der Waals surface area contributed by atoms with Crippen LogP contribution in [0.2, 0.25) is 0 Å². The molecule has 2 N–H and O–H groups in total. The van der Waals surface area contributed by atoms with Gasteiger partial charge < -0.3 is 15.3 Å². The number of aryl methyl sites for hydroxylation is 1. The molecule has 5 rings (SSSR count). The van der Waals surface area contributed by atoms with E-state index in [1.54, 1.807) is 0 Å². The molecule has 2 unspecified atom stereocenters. The Balaban J connectivity index is 1.61. The molecule has 3 fully saturated rings. The number of hydrogen-bond donors (Lipinski definition) is 2. The van der Waals surface area contributed by atoms with Crippen molar-refractivity contribution in [2.24, 2.45) is 5.41 Å². The molecular weight excluding hydrogens is 401 g/mol. The second-order valence-corrected chi connectivity index (χ2v) is 10.5. The van der Waals surface area contributed by atoms with E-state index in [-0.39, 0.29) is 11.2 Å². The van der Waals surface area contributed by atoms with Crippen molar-refractivity contribution < 1.29 is 9.50 Å². The Hall–Kier alpha value is -1.56. The summed E-state index contributed by atoms with van der Waals surface area (Å²) in [6.07, 6.45) is 8.26. The van der Waals surface area contributed by atoms with E-state index in [4.69, 9.17) is 4.98 Å². The van der Waals surface area contributed by atoms with E-state index in [9.17, 15) is 5.11 Å². The van der Waals surface area contributed by atoms with Gasteiger partial charge >= 0.3 is 0 Å². The number of benzene rings is 1. The van der Waals surface area contributed by atoms with Crippen molar-refractivity contribution in [1.82, 2.24) is 15.2 Å². The number of pyridine rings is 1.